The SMILES string of the molecule is S=c1n(CN2CCN(c3cccc(Cl)c3)CC2)nc(-c2ccncc2)n1Cc1ccccc1. The third-order valence-corrected chi connectivity index (χ3v) is 6.59. The van der Waals surface area contributed by atoms with Gasteiger partial charge in [-0.25, -0.2) is 4.68 Å². The van der Waals surface area contributed by atoms with Crippen LogP contribution in [0.5, 0.6) is 0 Å². The fourth-order valence-corrected chi connectivity index (χ4v) is 4.60. The number of anilines is 1. The highest BCUT2D eigenvalue weighted by molar-refractivity contribution is 7.71. The van der Waals surface area contributed by atoms with Crippen LogP contribution in [0.4, 0.5) is 5.69 Å². The summed E-state index contributed by atoms with van der Waals surface area (Å²) in [6.07, 6.45) is 3.58. The number of pyridine rings is 1. The van der Waals surface area contributed by atoms with Crippen LogP contribution in [-0.2, 0) is 13.2 Å². The number of halogens is 1. The van der Waals surface area contributed by atoms with Crippen LogP contribution in [0.15, 0.2) is 79.1 Å². The fourth-order valence-electron chi connectivity index (χ4n) is 4.17. The maximum absolute atomic E-state index is 6.18. The molecule has 0 saturated carbocycles. The molecule has 5 rings (SSSR count). The van der Waals surface area contributed by atoms with Crippen LogP contribution in [0.25, 0.3) is 11.4 Å². The molecule has 2 aromatic carbocycles. The van der Waals surface area contributed by atoms with Crippen molar-refractivity contribution in [2.75, 3.05) is 31.1 Å². The summed E-state index contributed by atoms with van der Waals surface area (Å²) in [5.41, 5.74) is 3.38. The second kappa shape index (κ2) is 9.87. The summed E-state index contributed by atoms with van der Waals surface area (Å²) >= 11 is 12.1. The zero-order chi connectivity index (χ0) is 22.6. The van der Waals surface area contributed by atoms with Crippen molar-refractivity contribution in [3.05, 3.63) is 94.5 Å². The Kier molecular flexibility index (Phi) is 6.53. The quantitative estimate of drug-likeness (QED) is 0.368. The summed E-state index contributed by atoms with van der Waals surface area (Å²) in [7, 11) is 0. The van der Waals surface area contributed by atoms with Gasteiger partial charge in [0, 0.05) is 54.8 Å². The number of nitrogens with zero attached hydrogens (tertiary/aromatic N) is 6. The Hall–Kier alpha value is -3.00. The predicted octanol–water partition coefficient (Wildman–Crippen LogP) is 4.96. The van der Waals surface area contributed by atoms with E-state index in [1.807, 2.05) is 41.1 Å². The van der Waals surface area contributed by atoms with Crippen molar-refractivity contribution in [1.82, 2.24) is 24.2 Å². The summed E-state index contributed by atoms with van der Waals surface area (Å²) in [5, 5.41) is 5.71. The minimum atomic E-state index is 0.669. The minimum Gasteiger partial charge on any atom is -0.369 e. The Morgan fingerprint density at radius 3 is 2.36 bits per heavy atom. The maximum atomic E-state index is 6.18. The monoisotopic (exact) mass is 476 g/mol. The van der Waals surface area contributed by atoms with Gasteiger partial charge in [0.2, 0.25) is 0 Å². The van der Waals surface area contributed by atoms with Crippen molar-refractivity contribution in [3.8, 4) is 11.4 Å². The third kappa shape index (κ3) is 5.00. The van der Waals surface area contributed by atoms with E-state index in [1.165, 1.54) is 11.3 Å². The van der Waals surface area contributed by atoms with Gasteiger partial charge in [-0.2, -0.15) is 5.10 Å². The highest BCUT2D eigenvalue weighted by Gasteiger charge is 2.20. The van der Waals surface area contributed by atoms with E-state index in [9.17, 15) is 0 Å². The van der Waals surface area contributed by atoms with Gasteiger partial charge in [0.25, 0.3) is 0 Å². The molecule has 0 N–H and O–H groups in total. The molecule has 0 spiro atoms. The van der Waals surface area contributed by atoms with Gasteiger partial charge < -0.3 is 4.90 Å². The average molecular weight is 477 g/mol. The molecule has 33 heavy (non-hydrogen) atoms. The fraction of sp³-hybridized carbons (Fsp3) is 0.240. The van der Waals surface area contributed by atoms with E-state index in [2.05, 4.69) is 49.7 Å². The van der Waals surface area contributed by atoms with E-state index < -0.39 is 0 Å². The van der Waals surface area contributed by atoms with Crippen LogP contribution < -0.4 is 4.90 Å². The van der Waals surface area contributed by atoms with Gasteiger partial charge in [0.15, 0.2) is 10.6 Å². The molecule has 0 radical (unpaired) electrons. The lowest BCUT2D eigenvalue weighted by molar-refractivity contribution is 0.194. The molecule has 1 aliphatic rings. The molecule has 1 fully saturated rings. The van der Waals surface area contributed by atoms with Gasteiger partial charge in [-0.05, 0) is 48.1 Å². The Labute approximate surface area is 203 Å². The van der Waals surface area contributed by atoms with Gasteiger partial charge in [0.1, 0.15) is 0 Å². The smallest absolute Gasteiger partial charge is 0.199 e. The number of aromatic nitrogens is 4. The summed E-state index contributed by atoms with van der Waals surface area (Å²) in [6, 6.07) is 22.4. The standard InChI is InChI=1S/C25H25ClN6S/c26-22-7-4-8-23(17-22)30-15-13-29(14-16-30)19-32-25(33)31(18-20-5-2-1-3-6-20)24(28-32)21-9-11-27-12-10-21/h1-12,17H,13-16,18-19H2. The van der Waals surface area contributed by atoms with Crippen molar-refractivity contribution in [3.63, 3.8) is 0 Å². The molecule has 2 aromatic heterocycles. The number of piperazine rings is 1. The van der Waals surface area contributed by atoms with E-state index >= 15 is 0 Å². The van der Waals surface area contributed by atoms with E-state index in [0.29, 0.717) is 13.2 Å². The average Bonchev–Trinajstić information content (AvgIpc) is 3.16. The summed E-state index contributed by atoms with van der Waals surface area (Å²) in [4.78, 5) is 8.92. The van der Waals surface area contributed by atoms with Gasteiger partial charge in [-0.1, -0.05) is 48.0 Å². The first-order valence-corrected chi connectivity index (χ1v) is 11.8. The van der Waals surface area contributed by atoms with E-state index in [4.69, 9.17) is 28.9 Å². The zero-order valence-corrected chi connectivity index (χ0v) is 19.8. The number of rotatable bonds is 6. The lowest BCUT2D eigenvalue weighted by atomic mass is 10.2. The molecule has 0 atom stereocenters. The molecule has 168 valence electrons. The maximum Gasteiger partial charge on any atom is 0.199 e. The van der Waals surface area contributed by atoms with Gasteiger partial charge in [-0.15, -0.1) is 0 Å². The Bertz CT molecular complexity index is 1260. The molecular weight excluding hydrogens is 452 g/mol. The molecule has 6 nitrogen and oxygen atoms in total. The van der Waals surface area contributed by atoms with Crippen molar-refractivity contribution in [2.45, 2.75) is 13.2 Å². The van der Waals surface area contributed by atoms with Crippen LogP contribution in [0.1, 0.15) is 5.56 Å². The van der Waals surface area contributed by atoms with E-state index in [-0.39, 0.29) is 0 Å². The normalized spacial score (nSPS) is 14.5. The summed E-state index contributed by atoms with van der Waals surface area (Å²) in [6.45, 7) is 5.10. The topological polar surface area (TPSA) is 42.1 Å². The summed E-state index contributed by atoms with van der Waals surface area (Å²) in [5.74, 6) is 0.865. The Balaban J connectivity index is 1.36. The highest BCUT2D eigenvalue weighted by atomic mass is 35.5. The third-order valence-electron chi connectivity index (χ3n) is 5.92. The van der Waals surface area contributed by atoms with Gasteiger partial charge in [0.05, 0.1) is 13.2 Å². The van der Waals surface area contributed by atoms with E-state index in [0.717, 1.165) is 47.4 Å². The molecular formula is C25H25ClN6S. The number of benzene rings is 2. The molecule has 0 aliphatic carbocycles. The molecule has 1 saturated heterocycles. The van der Waals surface area contributed by atoms with Crippen molar-refractivity contribution in [1.29, 1.82) is 0 Å². The molecule has 8 heteroatoms. The summed E-state index contributed by atoms with van der Waals surface area (Å²) < 4.78 is 4.79. The molecule has 0 amide bonds. The molecule has 0 bridgehead atoms. The molecule has 0 unspecified atom stereocenters. The first kappa shape index (κ1) is 21.8. The van der Waals surface area contributed by atoms with Crippen LogP contribution in [-0.4, -0.2) is 50.4 Å². The van der Waals surface area contributed by atoms with Crippen LogP contribution in [0.2, 0.25) is 5.02 Å². The Morgan fingerprint density at radius 2 is 1.64 bits per heavy atom. The van der Waals surface area contributed by atoms with Crippen LogP contribution in [0, 0.1) is 4.77 Å². The van der Waals surface area contributed by atoms with Crippen molar-refractivity contribution in [2.24, 2.45) is 0 Å². The number of hydrogen-bond acceptors (Lipinski definition) is 5. The zero-order valence-electron chi connectivity index (χ0n) is 18.2. The van der Waals surface area contributed by atoms with Crippen LogP contribution in [0.3, 0.4) is 0 Å². The van der Waals surface area contributed by atoms with Crippen molar-refractivity contribution < 1.29 is 0 Å². The van der Waals surface area contributed by atoms with Gasteiger partial charge >= 0.3 is 0 Å². The molecule has 1 aliphatic heterocycles. The highest BCUT2D eigenvalue weighted by Crippen LogP contribution is 2.22. The lowest BCUT2D eigenvalue weighted by Gasteiger charge is -2.35. The second-order valence-electron chi connectivity index (χ2n) is 8.14. The molecule has 3 heterocycles. The second-order valence-corrected chi connectivity index (χ2v) is 8.94. The number of hydrogen-bond donors (Lipinski definition) is 0. The van der Waals surface area contributed by atoms with Gasteiger partial charge in [-0.3, -0.25) is 14.5 Å². The first-order chi connectivity index (χ1) is 16.2. The largest absolute Gasteiger partial charge is 0.369 e. The first-order valence-electron chi connectivity index (χ1n) is 11.0. The molecule has 4 aromatic rings. The lowest BCUT2D eigenvalue weighted by Crippen LogP contribution is -2.47. The van der Waals surface area contributed by atoms with Crippen LogP contribution >= 0.6 is 23.8 Å². The Morgan fingerprint density at radius 1 is 0.879 bits per heavy atom. The van der Waals surface area contributed by atoms with E-state index in [1.54, 1.807) is 12.4 Å². The predicted molar refractivity (Wildman–Crippen MR) is 135 cm³/mol. The van der Waals surface area contributed by atoms with Crippen molar-refractivity contribution >= 4 is 29.5 Å². The minimum absolute atomic E-state index is 0.669.